The second-order valence-corrected chi connectivity index (χ2v) is 1.88. The first-order valence-corrected chi connectivity index (χ1v) is 3.02. The summed E-state index contributed by atoms with van der Waals surface area (Å²) in [6.07, 6.45) is 0.634. The van der Waals surface area contributed by atoms with Gasteiger partial charge in [-0.1, -0.05) is 6.07 Å². The molecular weight excluding hydrogens is 124 g/mol. The van der Waals surface area contributed by atoms with Crippen molar-refractivity contribution in [3.8, 4) is 6.07 Å². The van der Waals surface area contributed by atoms with E-state index in [1.54, 1.807) is 6.07 Å². The molecule has 0 N–H and O–H groups in total. The molecule has 0 spiro atoms. The molecule has 0 aliphatic carbocycles. The van der Waals surface area contributed by atoms with Gasteiger partial charge in [0.15, 0.2) is 0 Å². The summed E-state index contributed by atoms with van der Waals surface area (Å²) in [5.41, 5.74) is 1.32. The Morgan fingerprint density at radius 3 is 3.00 bits per heavy atom. The normalized spacial score (nSPS) is 8.80. The highest BCUT2D eigenvalue weighted by atomic mass is 14.7. The molecule has 49 valence electrons. The van der Waals surface area contributed by atoms with Crippen molar-refractivity contribution in [2.75, 3.05) is 0 Å². The maximum Gasteiger partial charge on any atom is 0.140 e. The van der Waals surface area contributed by atoms with Gasteiger partial charge in [0.25, 0.3) is 0 Å². The Morgan fingerprint density at radius 1 is 1.60 bits per heavy atom. The van der Waals surface area contributed by atoms with Gasteiger partial charge in [-0.3, -0.25) is 0 Å². The highest BCUT2D eigenvalue weighted by Crippen LogP contribution is 1.97. The Labute approximate surface area is 60.1 Å². The van der Waals surface area contributed by atoms with Crippen molar-refractivity contribution in [2.24, 2.45) is 0 Å². The van der Waals surface area contributed by atoms with E-state index in [0.29, 0.717) is 12.1 Å². The Kier molecular flexibility index (Phi) is 2.01. The van der Waals surface area contributed by atoms with E-state index in [9.17, 15) is 0 Å². The Bertz CT molecular complexity index is 260. The second kappa shape index (κ2) is 2.98. The highest BCUT2D eigenvalue weighted by Gasteiger charge is 1.91. The molecule has 2 nitrogen and oxygen atoms in total. The van der Waals surface area contributed by atoms with Gasteiger partial charge in [0.05, 0.1) is 0 Å². The molecule has 10 heavy (non-hydrogen) atoms. The number of nitrogens with zero attached hydrogens (tertiary/aromatic N) is 2. The van der Waals surface area contributed by atoms with E-state index in [4.69, 9.17) is 5.26 Å². The highest BCUT2D eigenvalue weighted by molar-refractivity contribution is 5.22. The third-order valence-electron chi connectivity index (χ3n) is 1.18. The lowest BCUT2D eigenvalue weighted by atomic mass is 10.3. The van der Waals surface area contributed by atoms with E-state index >= 15 is 0 Å². The molecule has 0 aliphatic heterocycles. The SMILES string of the molecule is [CH2]Cc1cccc(C#N)n1. The quantitative estimate of drug-likeness (QED) is 0.576. The van der Waals surface area contributed by atoms with Crippen molar-refractivity contribution < 1.29 is 0 Å². The average molecular weight is 131 g/mol. The van der Waals surface area contributed by atoms with Crippen LogP contribution < -0.4 is 0 Å². The summed E-state index contributed by atoms with van der Waals surface area (Å²) in [6.45, 7) is 3.66. The molecule has 1 rings (SSSR count). The van der Waals surface area contributed by atoms with Crippen LogP contribution in [-0.2, 0) is 6.42 Å². The predicted octanol–water partition coefficient (Wildman–Crippen LogP) is 1.33. The Hall–Kier alpha value is -1.36. The smallest absolute Gasteiger partial charge is 0.140 e. The van der Waals surface area contributed by atoms with Crippen molar-refractivity contribution in [3.05, 3.63) is 36.5 Å². The van der Waals surface area contributed by atoms with Gasteiger partial charge in [-0.2, -0.15) is 5.26 Å². The summed E-state index contributed by atoms with van der Waals surface area (Å²) >= 11 is 0. The number of rotatable bonds is 1. The zero-order chi connectivity index (χ0) is 7.40. The first-order valence-electron chi connectivity index (χ1n) is 3.02. The molecule has 0 bridgehead atoms. The standard InChI is InChI=1S/C8H7N2/c1-2-7-4-3-5-8(6-9)10-7/h3-5H,1-2H2. The van der Waals surface area contributed by atoms with Crippen molar-refractivity contribution in [1.82, 2.24) is 4.98 Å². The van der Waals surface area contributed by atoms with Crippen LogP contribution in [0.5, 0.6) is 0 Å². The molecule has 0 atom stereocenters. The lowest BCUT2D eigenvalue weighted by molar-refractivity contribution is 1.09. The molecule has 1 radical (unpaired) electrons. The van der Waals surface area contributed by atoms with Crippen LogP contribution in [0.15, 0.2) is 18.2 Å². The van der Waals surface area contributed by atoms with Gasteiger partial charge in [0, 0.05) is 5.69 Å². The minimum atomic E-state index is 0.459. The monoisotopic (exact) mass is 131 g/mol. The number of nitriles is 1. The third kappa shape index (κ3) is 1.32. The topological polar surface area (TPSA) is 36.7 Å². The maximum absolute atomic E-state index is 8.42. The molecule has 1 aromatic heterocycles. The van der Waals surface area contributed by atoms with Gasteiger partial charge >= 0.3 is 0 Å². The van der Waals surface area contributed by atoms with Crippen molar-refractivity contribution in [3.63, 3.8) is 0 Å². The maximum atomic E-state index is 8.42. The summed E-state index contributed by atoms with van der Waals surface area (Å²) < 4.78 is 0. The number of aromatic nitrogens is 1. The fourth-order valence-corrected chi connectivity index (χ4v) is 0.681. The molecule has 0 aromatic carbocycles. The van der Waals surface area contributed by atoms with Crippen LogP contribution in [-0.4, -0.2) is 4.98 Å². The molecule has 0 amide bonds. The fraction of sp³-hybridized carbons (Fsp3) is 0.125. The summed E-state index contributed by atoms with van der Waals surface area (Å²) in [5, 5.41) is 8.42. The Balaban J connectivity index is 3.01. The van der Waals surface area contributed by atoms with E-state index in [-0.39, 0.29) is 0 Å². The summed E-state index contributed by atoms with van der Waals surface area (Å²) in [4.78, 5) is 3.99. The fourth-order valence-electron chi connectivity index (χ4n) is 0.681. The van der Waals surface area contributed by atoms with Crippen molar-refractivity contribution in [1.29, 1.82) is 5.26 Å². The van der Waals surface area contributed by atoms with Gasteiger partial charge in [-0.05, 0) is 25.5 Å². The zero-order valence-electron chi connectivity index (χ0n) is 5.54. The molecule has 0 saturated heterocycles. The van der Waals surface area contributed by atoms with E-state index in [2.05, 4.69) is 11.9 Å². The zero-order valence-corrected chi connectivity index (χ0v) is 5.54. The molecule has 0 aliphatic rings. The van der Waals surface area contributed by atoms with Crippen LogP contribution in [0.4, 0.5) is 0 Å². The molecule has 0 saturated carbocycles. The first-order chi connectivity index (χ1) is 4.86. The number of pyridine rings is 1. The van der Waals surface area contributed by atoms with Gasteiger partial charge in [0.2, 0.25) is 0 Å². The van der Waals surface area contributed by atoms with E-state index in [1.807, 2.05) is 18.2 Å². The number of hydrogen-bond donors (Lipinski definition) is 0. The minimum absolute atomic E-state index is 0.459. The molecule has 2 heteroatoms. The second-order valence-electron chi connectivity index (χ2n) is 1.88. The van der Waals surface area contributed by atoms with Crippen LogP contribution >= 0.6 is 0 Å². The largest absolute Gasteiger partial charge is 0.242 e. The number of hydrogen-bond acceptors (Lipinski definition) is 2. The minimum Gasteiger partial charge on any atom is -0.242 e. The Morgan fingerprint density at radius 2 is 2.40 bits per heavy atom. The molecular formula is C8H7N2. The van der Waals surface area contributed by atoms with Gasteiger partial charge in [-0.15, -0.1) is 0 Å². The molecule has 0 unspecified atom stereocenters. The first kappa shape index (κ1) is 6.76. The summed E-state index contributed by atoms with van der Waals surface area (Å²) in [7, 11) is 0. The van der Waals surface area contributed by atoms with Crippen molar-refractivity contribution >= 4 is 0 Å². The van der Waals surface area contributed by atoms with Gasteiger partial charge in [0.1, 0.15) is 11.8 Å². The van der Waals surface area contributed by atoms with E-state index in [0.717, 1.165) is 5.69 Å². The van der Waals surface area contributed by atoms with Gasteiger partial charge < -0.3 is 0 Å². The predicted molar refractivity (Wildman–Crippen MR) is 38.0 cm³/mol. The van der Waals surface area contributed by atoms with Crippen LogP contribution in [0.1, 0.15) is 11.4 Å². The lowest BCUT2D eigenvalue weighted by Gasteiger charge is -1.92. The van der Waals surface area contributed by atoms with Crippen LogP contribution in [0.3, 0.4) is 0 Å². The van der Waals surface area contributed by atoms with Crippen LogP contribution in [0.2, 0.25) is 0 Å². The summed E-state index contributed by atoms with van der Waals surface area (Å²) in [6, 6.07) is 7.31. The lowest BCUT2D eigenvalue weighted by Crippen LogP contribution is -1.88. The summed E-state index contributed by atoms with van der Waals surface area (Å²) in [5.74, 6) is 0. The molecule has 1 heterocycles. The third-order valence-corrected chi connectivity index (χ3v) is 1.18. The molecule has 0 fully saturated rings. The van der Waals surface area contributed by atoms with E-state index < -0.39 is 0 Å². The van der Waals surface area contributed by atoms with Crippen LogP contribution in [0, 0.1) is 18.3 Å². The van der Waals surface area contributed by atoms with Gasteiger partial charge in [-0.25, -0.2) is 4.98 Å². The van der Waals surface area contributed by atoms with Crippen molar-refractivity contribution in [2.45, 2.75) is 6.42 Å². The average Bonchev–Trinajstić information content (AvgIpc) is 2.05. The van der Waals surface area contributed by atoms with E-state index in [1.165, 1.54) is 0 Å². The molecule has 1 aromatic rings. The van der Waals surface area contributed by atoms with Crippen LogP contribution in [0.25, 0.3) is 0 Å².